The van der Waals surface area contributed by atoms with Crippen LogP contribution in [0.4, 0.5) is 4.79 Å². The zero-order valence-electron chi connectivity index (χ0n) is 17.4. The Kier molecular flexibility index (Phi) is 4.76. The molecule has 2 amide bonds. The minimum absolute atomic E-state index is 0.0223. The maximum absolute atomic E-state index is 12.8. The van der Waals surface area contributed by atoms with Gasteiger partial charge in [-0.2, -0.15) is 0 Å². The van der Waals surface area contributed by atoms with E-state index in [9.17, 15) is 4.79 Å². The fraction of sp³-hybridized carbons (Fsp3) is 0.708. The van der Waals surface area contributed by atoms with Crippen LogP contribution in [0.25, 0.3) is 0 Å². The average Bonchev–Trinajstić information content (AvgIpc) is 2.69. The number of amides is 2. The SMILES string of the molecule is CC(C)[C@@H]1C[C@@H]2C(C)(NC(=O)NCCc3ccccc3)[C@H]3C[C@@H]1C[C@]2(C)C3. The van der Waals surface area contributed by atoms with Crippen LogP contribution < -0.4 is 10.6 Å². The van der Waals surface area contributed by atoms with Gasteiger partial charge < -0.3 is 10.6 Å². The van der Waals surface area contributed by atoms with Gasteiger partial charge in [-0.1, -0.05) is 51.1 Å². The zero-order valence-corrected chi connectivity index (χ0v) is 17.4. The normalized spacial score (nSPS) is 39.6. The molecule has 148 valence electrons. The largest absolute Gasteiger partial charge is 0.338 e. The third-order valence-electron chi connectivity index (χ3n) is 8.34. The molecule has 6 atom stereocenters. The van der Waals surface area contributed by atoms with Crippen LogP contribution in [0.3, 0.4) is 0 Å². The summed E-state index contributed by atoms with van der Waals surface area (Å²) in [4.78, 5) is 12.8. The highest BCUT2D eigenvalue weighted by molar-refractivity contribution is 5.75. The minimum Gasteiger partial charge on any atom is -0.338 e. The summed E-state index contributed by atoms with van der Waals surface area (Å²) in [5.41, 5.74) is 1.64. The van der Waals surface area contributed by atoms with Crippen LogP contribution in [0.1, 0.15) is 58.9 Å². The van der Waals surface area contributed by atoms with E-state index in [1.807, 2.05) is 6.07 Å². The summed E-state index contributed by atoms with van der Waals surface area (Å²) < 4.78 is 0. The molecule has 3 aliphatic rings. The highest BCUT2D eigenvalue weighted by Gasteiger charge is 2.65. The van der Waals surface area contributed by atoms with Crippen LogP contribution in [0, 0.1) is 35.0 Å². The highest BCUT2D eigenvalue weighted by Crippen LogP contribution is 2.68. The first-order valence-electron chi connectivity index (χ1n) is 10.9. The fourth-order valence-electron chi connectivity index (χ4n) is 7.11. The molecule has 0 heterocycles. The number of hydrogen-bond acceptors (Lipinski definition) is 1. The monoisotopic (exact) mass is 368 g/mol. The lowest BCUT2D eigenvalue weighted by Gasteiger charge is -2.49. The van der Waals surface area contributed by atoms with Crippen LogP contribution >= 0.6 is 0 Å². The first-order chi connectivity index (χ1) is 12.8. The standard InChI is InChI=1S/C24H36N2O/c1-16(2)20-13-21-23(3)14-18(20)12-19(15-23)24(21,4)26-22(27)25-11-10-17-8-6-5-7-9-17/h5-9,16,18-21H,10-15H2,1-4H3,(H2,25,26,27)/t18-,19+,20+,21+,23-,24?/m1/s1. The van der Waals surface area contributed by atoms with Gasteiger partial charge in [-0.25, -0.2) is 4.79 Å². The van der Waals surface area contributed by atoms with Crippen LogP contribution in [0.2, 0.25) is 0 Å². The molecule has 1 unspecified atom stereocenters. The topological polar surface area (TPSA) is 41.1 Å². The lowest BCUT2D eigenvalue weighted by Crippen LogP contribution is -2.57. The van der Waals surface area contributed by atoms with E-state index >= 15 is 0 Å². The van der Waals surface area contributed by atoms with Gasteiger partial charge in [0.25, 0.3) is 0 Å². The predicted molar refractivity (Wildman–Crippen MR) is 110 cm³/mol. The number of benzene rings is 1. The smallest absolute Gasteiger partial charge is 0.315 e. The van der Waals surface area contributed by atoms with Gasteiger partial charge in [-0.3, -0.25) is 0 Å². The van der Waals surface area contributed by atoms with Gasteiger partial charge in [0.2, 0.25) is 0 Å². The summed E-state index contributed by atoms with van der Waals surface area (Å²) in [6, 6.07) is 10.4. The number of hydrogen-bond donors (Lipinski definition) is 2. The zero-order chi connectivity index (χ0) is 19.2. The Morgan fingerprint density at radius 3 is 2.59 bits per heavy atom. The predicted octanol–water partition coefficient (Wildman–Crippen LogP) is 5.02. The molecule has 0 saturated heterocycles. The maximum atomic E-state index is 12.8. The molecule has 3 heteroatoms. The third kappa shape index (κ3) is 3.28. The van der Waals surface area contributed by atoms with Crippen molar-refractivity contribution in [3.63, 3.8) is 0 Å². The van der Waals surface area contributed by atoms with Crippen molar-refractivity contribution in [2.24, 2.45) is 35.0 Å². The second kappa shape index (κ2) is 6.83. The van der Waals surface area contributed by atoms with Crippen LogP contribution in [0.15, 0.2) is 30.3 Å². The third-order valence-corrected chi connectivity index (χ3v) is 8.34. The second-order valence-corrected chi connectivity index (χ2v) is 10.4. The van der Waals surface area contributed by atoms with E-state index in [4.69, 9.17) is 0 Å². The van der Waals surface area contributed by atoms with Crippen molar-refractivity contribution in [2.45, 2.75) is 65.3 Å². The quantitative estimate of drug-likeness (QED) is 0.753. The van der Waals surface area contributed by atoms with Crippen LogP contribution in [-0.4, -0.2) is 18.1 Å². The molecule has 0 radical (unpaired) electrons. The molecular formula is C24H36N2O. The number of urea groups is 1. The highest BCUT2D eigenvalue weighted by atomic mass is 16.2. The van der Waals surface area contributed by atoms with Crippen LogP contribution in [0.5, 0.6) is 0 Å². The molecular weight excluding hydrogens is 332 g/mol. The number of carbonyl (C=O) groups excluding carboxylic acids is 1. The van der Waals surface area contributed by atoms with Crippen molar-refractivity contribution in [3.05, 3.63) is 35.9 Å². The lowest BCUT2D eigenvalue weighted by molar-refractivity contribution is 0.00854. The summed E-state index contributed by atoms with van der Waals surface area (Å²) in [6.45, 7) is 10.3. The van der Waals surface area contributed by atoms with Gasteiger partial charge in [-0.15, -0.1) is 0 Å². The molecule has 1 aromatic carbocycles. The van der Waals surface area contributed by atoms with E-state index < -0.39 is 0 Å². The van der Waals surface area contributed by atoms with E-state index in [0.29, 0.717) is 23.8 Å². The Morgan fingerprint density at radius 2 is 1.89 bits per heavy atom. The van der Waals surface area contributed by atoms with E-state index in [0.717, 1.165) is 24.2 Å². The number of fused-ring (bicyclic) bond motifs is 2. The summed E-state index contributed by atoms with van der Waals surface area (Å²) in [6.07, 6.45) is 6.13. The number of carbonyl (C=O) groups is 1. The summed E-state index contributed by atoms with van der Waals surface area (Å²) in [7, 11) is 0. The summed E-state index contributed by atoms with van der Waals surface area (Å²) in [5, 5.41) is 6.59. The van der Waals surface area contributed by atoms with Gasteiger partial charge >= 0.3 is 6.03 Å². The molecule has 3 nitrogen and oxygen atoms in total. The van der Waals surface area contributed by atoms with Crippen molar-refractivity contribution in [3.8, 4) is 0 Å². The van der Waals surface area contributed by atoms with Crippen molar-refractivity contribution < 1.29 is 4.79 Å². The molecule has 27 heavy (non-hydrogen) atoms. The molecule has 3 saturated carbocycles. The van der Waals surface area contributed by atoms with Gasteiger partial charge in [0.15, 0.2) is 0 Å². The molecule has 2 N–H and O–H groups in total. The van der Waals surface area contributed by atoms with E-state index in [1.165, 1.54) is 31.2 Å². The molecule has 0 aliphatic heterocycles. The lowest BCUT2D eigenvalue weighted by atomic mass is 9.56. The summed E-state index contributed by atoms with van der Waals surface area (Å²) >= 11 is 0. The molecule has 4 rings (SSSR count). The van der Waals surface area contributed by atoms with Gasteiger partial charge in [-0.05, 0) is 79.6 Å². The van der Waals surface area contributed by atoms with E-state index in [2.05, 4.69) is 62.6 Å². The first kappa shape index (κ1) is 18.8. The Morgan fingerprint density at radius 1 is 1.15 bits per heavy atom. The Balaban J connectivity index is 1.41. The van der Waals surface area contributed by atoms with Crippen molar-refractivity contribution in [1.82, 2.24) is 10.6 Å². The van der Waals surface area contributed by atoms with Crippen molar-refractivity contribution in [2.75, 3.05) is 6.54 Å². The second-order valence-electron chi connectivity index (χ2n) is 10.4. The Hall–Kier alpha value is -1.51. The van der Waals surface area contributed by atoms with E-state index in [1.54, 1.807) is 0 Å². The molecule has 0 aromatic heterocycles. The summed E-state index contributed by atoms with van der Waals surface area (Å²) in [5.74, 6) is 3.68. The fourth-order valence-corrected chi connectivity index (χ4v) is 7.11. The molecule has 1 aromatic rings. The average molecular weight is 369 g/mol. The Bertz CT molecular complexity index is 687. The number of nitrogens with one attached hydrogen (secondary N) is 2. The molecule has 3 aliphatic carbocycles. The van der Waals surface area contributed by atoms with Gasteiger partial charge in [0.05, 0.1) is 0 Å². The molecule has 3 fully saturated rings. The molecule has 0 spiro atoms. The van der Waals surface area contributed by atoms with Gasteiger partial charge in [0.1, 0.15) is 0 Å². The minimum atomic E-state index is -0.0516. The first-order valence-corrected chi connectivity index (χ1v) is 10.9. The van der Waals surface area contributed by atoms with E-state index in [-0.39, 0.29) is 11.6 Å². The van der Waals surface area contributed by atoms with Crippen LogP contribution in [-0.2, 0) is 6.42 Å². The Labute approximate surface area is 164 Å². The van der Waals surface area contributed by atoms with Crippen molar-refractivity contribution >= 4 is 6.03 Å². The van der Waals surface area contributed by atoms with Crippen molar-refractivity contribution in [1.29, 1.82) is 0 Å². The number of rotatable bonds is 5. The maximum Gasteiger partial charge on any atom is 0.315 e. The molecule has 3 bridgehead atoms. The van der Waals surface area contributed by atoms with Gasteiger partial charge in [0, 0.05) is 12.1 Å².